The van der Waals surface area contributed by atoms with Gasteiger partial charge in [0.2, 0.25) is 0 Å². The molecule has 1 fully saturated rings. The molecule has 0 bridgehead atoms. The second-order valence-electron chi connectivity index (χ2n) is 6.81. The van der Waals surface area contributed by atoms with Gasteiger partial charge in [-0.25, -0.2) is 0 Å². The van der Waals surface area contributed by atoms with Gasteiger partial charge in [0.1, 0.15) is 0 Å². The lowest BCUT2D eigenvalue weighted by Crippen LogP contribution is -2.46. The molecule has 0 spiro atoms. The van der Waals surface area contributed by atoms with Gasteiger partial charge in [-0.05, 0) is 37.2 Å². The Morgan fingerprint density at radius 1 is 1.04 bits per heavy atom. The normalized spacial score (nSPS) is 17.6. The van der Waals surface area contributed by atoms with E-state index in [9.17, 15) is 0 Å². The molecule has 1 aliphatic rings. The molecular weight excluding hydrogens is 376 g/mol. The molecule has 1 heterocycles. The van der Waals surface area contributed by atoms with Crippen molar-refractivity contribution in [2.75, 3.05) is 37.7 Å². The zero-order chi connectivity index (χ0) is 19.0. The maximum Gasteiger partial charge on any atom is 0.335 e. The Hall–Kier alpha value is -1.66. The van der Waals surface area contributed by atoms with Crippen molar-refractivity contribution in [3.05, 3.63) is 65.2 Å². The summed E-state index contributed by atoms with van der Waals surface area (Å²) in [5.41, 5.74) is 2.19. The molecule has 4 nitrogen and oxygen atoms in total. The summed E-state index contributed by atoms with van der Waals surface area (Å²) in [6.07, 6.45) is 2.82. The van der Waals surface area contributed by atoms with E-state index in [1.165, 1.54) is 5.69 Å². The molecule has 27 heavy (non-hydrogen) atoms. The average molecular weight is 403 g/mol. The molecule has 0 amide bonds. The van der Waals surface area contributed by atoms with E-state index >= 15 is 0 Å². The summed E-state index contributed by atoms with van der Waals surface area (Å²) >= 11 is 6.14. The van der Waals surface area contributed by atoms with Crippen molar-refractivity contribution >= 4 is 32.1 Å². The number of anilines is 1. The fraction of sp³-hybridized carbons (Fsp3) is 0.381. The van der Waals surface area contributed by atoms with Gasteiger partial charge in [-0.3, -0.25) is 4.99 Å². The minimum absolute atomic E-state index is 0.709. The molecule has 1 saturated heterocycles. The van der Waals surface area contributed by atoms with E-state index in [4.69, 9.17) is 20.5 Å². The summed E-state index contributed by atoms with van der Waals surface area (Å²) in [6.45, 7) is 6.15. The topological polar surface area (TPSA) is 34.1 Å². The lowest BCUT2D eigenvalue weighted by molar-refractivity contribution is 0.164. The van der Waals surface area contributed by atoms with Crippen LogP contribution in [0.2, 0.25) is 17.6 Å². The van der Waals surface area contributed by atoms with Crippen LogP contribution in [0.3, 0.4) is 0 Å². The number of rotatable bonds is 6. The molecule has 144 valence electrons. The van der Waals surface area contributed by atoms with Crippen LogP contribution in [0.15, 0.2) is 59.6 Å². The van der Waals surface area contributed by atoms with E-state index < -0.39 is 8.56 Å². The Bertz CT molecular complexity index is 732. The molecule has 0 aromatic heterocycles. The van der Waals surface area contributed by atoms with Crippen LogP contribution < -0.4 is 4.90 Å². The quantitative estimate of drug-likeness (QED) is 0.396. The molecular formula is C21H27ClN2O2Si. The summed E-state index contributed by atoms with van der Waals surface area (Å²) in [5.74, 6) is 0. The second-order valence-corrected chi connectivity index (χ2v) is 10.6. The van der Waals surface area contributed by atoms with Gasteiger partial charge in [0.05, 0.1) is 13.2 Å². The number of hydrogen-bond acceptors (Lipinski definition) is 4. The third kappa shape index (κ3) is 6.18. The Kier molecular flexibility index (Phi) is 7.47. The van der Waals surface area contributed by atoms with E-state index in [0.717, 1.165) is 42.7 Å². The predicted molar refractivity (Wildman–Crippen MR) is 116 cm³/mol. The maximum absolute atomic E-state index is 6.21. The van der Waals surface area contributed by atoms with Crippen molar-refractivity contribution < 1.29 is 8.85 Å². The fourth-order valence-corrected chi connectivity index (χ4v) is 5.58. The highest BCUT2D eigenvalue weighted by Gasteiger charge is 2.32. The largest absolute Gasteiger partial charge is 0.392 e. The van der Waals surface area contributed by atoms with E-state index in [0.29, 0.717) is 13.2 Å². The lowest BCUT2D eigenvalue weighted by Gasteiger charge is -2.34. The van der Waals surface area contributed by atoms with Gasteiger partial charge in [-0.1, -0.05) is 48.0 Å². The minimum Gasteiger partial charge on any atom is -0.392 e. The number of para-hydroxylation sites is 1. The molecule has 0 aliphatic carbocycles. The highest BCUT2D eigenvalue weighted by Crippen LogP contribution is 2.20. The number of halogens is 1. The molecule has 0 N–H and O–H groups in total. The fourth-order valence-electron chi connectivity index (χ4n) is 3.17. The maximum atomic E-state index is 6.21. The Morgan fingerprint density at radius 2 is 1.70 bits per heavy atom. The third-order valence-electron chi connectivity index (χ3n) is 4.71. The van der Waals surface area contributed by atoms with Gasteiger partial charge >= 0.3 is 8.56 Å². The first kappa shape index (κ1) is 20.1. The molecule has 6 heteroatoms. The molecule has 1 aliphatic heterocycles. The van der Waals surface area contributed by atoms with Gasteiger partial charge < -0.3 is 13.8 Å². The number of nitrogens with zero attached hydrogens (tertiary/aromatic N) is 2. The van der Waals surface area contributed by atoms with Crippen molar-refractivity contribution in [2.24, 2.45) is 4.99 Å². The number of aliphatic imine (C=N–C) groups is 1. The van der Waals surface area contributed by atoms with Gasteiger partial charge in [0.15, 0.2) is 0 Å². The van der Waals surface area contributed by atoms with Crippen LogP contribution >= 0.6 is 11.6 Å². The summed E-state index contributed by atoms with van der Waals surface area (Å²) < 4.78 is 12.4. The van der Waals surface area contributed by atoms with Crippen molar-refractivity contribution in [1.29, 1.82) is 0 Å². The molecule has 0 atom stereocenters. The van der Waals surface area contributed by atoms with Crippen LogP contribution in [-0.2, 0) is 8.85 Å². The zero-order valence-electron chi connectivity index (χ0n) is 15.8. The van der Waals surface area contributed by atoms with Crippen LogP contribution in [0.1, 0.15) is 12.0 Å². The summed E-state index contributed by atoms with van der Waals surface area (Å²) in [5, 5.41) is 0.734. The first-order valence-electron chi connectivity index (χ1n) is 9.49. The summed E-state index contributed by atoms with van der Waals surface area (Å²) in [6, 6.07) is 19.1. The Balaban J connectivity index is 1.43. The van der Waals surface area contributed by atoms with Crippen molar-refractivity contribution in [3.63, 3.8) is 0 Å². The Morgan fingerprint density at radius 3 is 2.41 bits per heavy atom. The number of benzene rings is 2. The third-order valence-corrected chi connectivity index (χ3v) is 7.95. The van der Waals surface area contributed by atoms with E-state index in [-0.39, 0.29) is 0 Å². The van der Waals surface area contributed by atoms with Crippen LogP contribution in [0.25, 0.3) is 0 Å². The second kappa shape index (κ2) is 10.0. The zero-order valence-corrected chi connectivity index (χ0v) is 17.6. The van der Waals surface area contributed by atoms with Gasteiger partial charge in [0.25, 0.3) is 0 Å². The minimum atomic E-state index is -2.12. The van der Waals surface area contributed by atoms with Gasteiger partial charge in [-0.15, -0.1) is 0 Å². The predicted octanol–water partition coefficient (Wildman–Crippen LogP) is 4.77. The summed E-state index contributed by atoms with van der Waals surface area (Å²) in [7, 11) is -2.12. The van der Waals surface area contributed by atoms with E-state index in [1.54, 1.807) is 0 Å². The monoisotopic (exact) mass is 402 g/mol. The first-order chi connectivity index (χ1) is 13.2. The number of hydrogen-bond donors (Lipinski definition) is 0. The lowest BCUT2D eigenvalue weighted by atomic mass is 10.2. The standard InChI is InChI=1S/C21H27ClN2O2Si/c1-27(17-7-12-23-18-19-8-5-6-11-21(19)22)25-15-13-24(14-16-26-27)20-9-3-2-4-10-20/h2-6,8-11,18H,7,12-17H2,1H3. The van der Waals surface area contributed by atoms with Crippen molar-refractivity contribution in [2.45, 2.75) is 19.0 Å². The summed E-state index contributed by atoms with van der Waals surface area (Å²) in [4.78, 5) is 6.83. The highest BCUT2D eigenvalue weighted by atomic mass is 35.5. The first-order valence-corrected chi connectivity index (χ1v) is 12.4. The van der Waals surface area contributed by atoms with E-state index in [1.807, 2.05) is 36.5 Å². The molecule has 0 saturated carbocycles. The SMILES string of the molecule is C[Si]1(CCCN=Cc2ccccc2Cl)OCCN(c2ccccc2)CCO1. The van der Waals surface area contributed by atoms with Crippen LogP contribution in [0, 0.1) is 0 Å². The molecule has 2 aromatic carbocycles. The van der Waals surface area contributed by atoms with Crippen molar-refractivity contribution in [3.8, 4) is 0 Å². The average Bonchev–Trinajstić information content (AvgIpc) is 2.67. The molecule has 0 radical (unpaired) electrons. The van der Waals surface area contributed by atoms with Crippen LogP contribution in [0.5, 0.6) is 0 Å². The molecule has 3 rings (SSSR count). The van der Waals surface area contributed by atoms with Crippen LogP contribution in [0.4, 0.5) is 5.69 Å². The van der Waals surface area contributed by atoms with Gasteiger partial charge in [0, 0.05) is 42.1 Å². The smallest absolute Gasteiger partial charge is 0.335 e. The van der Waals surface area contributed by atoms with Crippen molar-refractivity contribution in [1.82, 2.24) is 0 Å². The van der Waals surface area contributed by atoms with E-state index in [2.05, 4.69) is 40.7 Å². The van der Waals surface area contributed by atoms with Gasteiger partial charge in [-0.2, -0.15) is 0 Å². The van der Waals surface area contributed by atoms with Crippen LogP contribution in [-0.4, -0.2) is 47.6 Å². The molecule has 0 unspecified atom stereocenters. The molecule has 2 aromatic rings. The Labute approximate surface area is 168 Å². The highest BCUT2D eigenvalue weighted by molar-refractivity contribution is 6.66.